The Morgan fingerprint density at radius 2 is 2.00 bits per heavy atom. The van der Waals surface area contributed by atoms with Gasteiger partial charge in [0.1, 0.15) is 0 Å². The van der Waals surface area contributed by atoms with Crippen LogP contribution in [-0.4, -0.2) is 14.2 Å². The normalized spacial score (nSPS) is 12.0. The van der Waals surface area contributed by atoms with Crippen LogP contribution in [0.4, 0.5) is 5.69 Å². The third kappa shape index (κ3) is 3.49. The lowest BCUT2D eigenvalue weighted by Crippen LogP contribution is -2.11. The van der Waals surface area contributed by atoms with Gasteiger partial charge in [0.05, 0.1) is 16.3 Å². The van der Waals surface area contributed by atoms with E-state index >= 15 is 0 Å². The molecule has 0 spiro atoms. The largest absolute Gasteiger partial charge is 0.398 e. The summed E-state index contributed by atoms with van der Waals surface area (Å²) in [4.78, 5) is 0.225. The number of hydrogen-bond donors (Lipinski definition) is 1. The van der Waals surface area contributed by atoms with Gasteiger partial charge in [-0.25, -0.2) is 8.42 Å². The summed E-state index contributed by atoms with van der Waals surface area (Å²) in [6.07, 6.45) is 0.647. The van der Waals surface area contributed by atoms with Gasteiger partial charge < -0.3 is 5.73 Å². The fourth-order valence-electron chi connectivity index (χ4n) is 1.28. The predicted molar refractivity (Wildman–Crippen MR) is 70.1 cm³/mol. The SMILES string of the molecule is CC(C)CCS(=O)(=O)c1cc(Br)ccc1N. The molecule has 1 rings (SSSR count). The summed E-state index contributed by atoms with van der Waals surface area (Å²) in [7, 11) is -3.26. The van der Waals surface area contributed by atoms with Crippen LogP contribution in [0.5, 0.6) is 0 Å². The maximum absolute atomic E-state index is 12.0. The number of nitrogens with two attached hydrogens (primary N) is 1. The molecular weight excluding hydrogens is 290 g/mol. The molecule has 5 heteroatoms. The second-order valence-corrected chi connectivity index (χ2v) is 7.18. The molecule has 0 aliphatic carbocycles. The van der Waals surface area contributed by atoms with Crippen molar-refractivity contribution in [2.45, 2.75) is 25.2 Å². The first-order valence-electron chi connectivity index (χ1n) is 5.10. The van der Waals surface area contributed by atoms with E-state index in [-0.39, 0.29) is 10.6 Å². The van der Waals surface area contributed by atoms with Gasteiger partial charge in [-0.15, -0.1) is 0 Å². The fraction of sp³-hybridized carbons (Fsp3) is 0.455. The van der Waals surface area contributed by atoms with Crippen molar-refractivity contribution in [3.05, 3.63) is 22.7 Å². The minimum Gasteiger partial charge on any atom is -0.398 e. The van der Waals surface area contributed by atoms with E-state index < -0.39 is 9.84 Å². The van der Waals surface area contributed by atoms with Crippen molar-refractivity contribution in [2.24, 2.45) is 5.92 Å². The van der Waals surface area contributed by atoms with Gasteiger partial charge in [0, 0.05) is 4.47 Å². The van der Waals surface area contributed by atoms with E-state index in [2.05, 4.69) is 15.9 Å². The van der Waals surface area contributed by atoms with Crippen LogP contribution in [0.2, 0.25) is 0 Å². The molecule has 16 heavy (non-hydrogen) atoms. The molecule has 0 aliphatic rings. The van der Waals surface area contributed by atoms with Crippen molar-refractivity contribution in [1.29, 1.82) is 0 Å². The highest BCUT2D eigenvalue weighted by atomic mass is 79.9. The van der Waals surface area contributed by atoms with Crippen molar-refractivity contribution in [2.75, 3.05) is 11.5 Å². The van der Waals surface area contributed by atoms with Crippen molar-refractivity contribution >= 4 is 31.5 Å². The van der Waals surface area contributed by atoms with Crippen LogP contribution in [0.1, 0.15) is 20.3 Å². The maximum atomic E-state index is 12.0. The lowest BCUT2D eigenvalue weighted by atomic mass is 10.2. The fourth-order valence-corrected chi connectivity index (χ4v) is 3.53. The molecule has 1 aromatic carbocycles. The molecule has 2 N–H and O–H groups in total. The molecule has 0 atom stereocenters. The summed E-state index contributed by atoms with van der Waals surface area (Å²) in [5.41, 5.74) is 5.99. The average Bonchev–Trinajstić information content (AvgIpc) is 2.19. The Labute approximate surface area is 105 Å². The summed E-state index contributed by atoms with van der Waals surface area (Å²) >= 11 is 3.25. The van der Waals surface area contributed by atoms with Crippen LogP contribution < -0.4 is 5.73 Å². The van der Waals surface area contributed by atoms with Gasteiger partial charge in [-0.2, -0.15) is 0 Å². The van der Waals surface area contributed by atoms with Gasteiger partial charge in [0.2, 0.25) is 0 Å². The van der Waals surface area contributed by atoms with Crippen LogP contribution in [0.15, 0.2) is 27.6 Å². The Morgan fingerprint density at radius 1 is 1.38 bits per heavy atom. The number of benzene rings is 1. The molecule has 0 saturated carbocycles. The molecular formula is C11H16BrNO2S. The van der Waals surface area contributed by atoms with Crippen LogP contribution in [0.3, 0.4) is 0 Å². The first-order valence-corrected chi connectivity index (χ1v) is 7.55. The zero-order chi connectivity index (χ0) is 12.3. The predicted octanol–water partition coefficient (Wildman–Crippen LogP) is 2.85. The minimum absolute atomic E-state index is 0.144. The number of sulfone groups is 1. The summed E-state index contributed by atoms with van der Waals surface area (Å²) in [5, 5.41) is 0. The van der Waals surface area contributed by atoms with Gasteiger partial charge >= 0.3 is 0 Å². The summed E-state index contributed by atoms with van der Waals surface area (Å²) < 4.78 is 24.7. The average molecular weight is 306 g/mol. The van der Waals surface area contributed by atoms with Gasteiger partial charge in [-0.1, -0.05) is 29.8 Å². The van der Waals surface area contributed by atoms with Crippen molar-refractivity contribution in [3.63, 3.8) is 0 Å². The summed E-state index contributed by atoms with van der Waals surface area (Å²) in [5.74, 6) is 0.508. The smallest absolute Gasteiger partial charge is 0.180 e. The maximum Gasteiger partial charge on any atom is 0.180 e. The van der Waals surface area contributed by atoms with E-state index in [4.69, 9.17) is 5.73 Å². The third-order valence-electron chi connectivity index (χ3n) is 2.27. The minimum atomic E-state index is -3.26. The standard InChI is InChI=1S/C11H16BrNO2S/c1-8(2)5-6-16(14,15)11-7-9(12)3-4-10(11)13/h3-4,7-8H,5-6,13H2,1-2H3. The van der Waals surface area contributed by atoms with Gasteiger partial charge in [-0.3, -0.25) is 0 Å². The number of halogens is 1. The highest BCUT2D eigenvalue weighted by Crippen LogP contribution is 2.24. The summed E-state index contributed by atoms with van der Waals surface area (Å²) in [6.45, 7) is 4.00. The molecule has 0 fully saturated rings. The van der Waals surface area contributed by atoms with Crippen molar-refractivity contribution in [1.82, 2.24) is 0 Å². The van der Waals surface area contributed by atoms with E-state index in [1.165, 1.54) is 0 Å². The van der Waals surface area contributed by atoms with E-state index in [0.717, 1.165) is 4.47 Å². The molecule has 0 heterocycles. The van der Waals surface area contributed by atoms with E-state index in [9.17, 15) is 8.42 Å². The molecule has 3 nitrogen and oxygen atoms in total. The van der Waals surface area contributed by atoms with Crippen molar-refractivity contribution < 1.29 is 8.42 Å². The second kappa shape index (κ2) is 5.19. The lowest BCUT2D eigenvalue weighted by Gasteiger charge is -2.09. The third-order valence-corrected chi connectivity index (χ3v) is 4.56. The highest BCUT2D eigenvalue weighted by Gasteiger charge is 2.18. The van der Waals surface area contributed by atoms with Crippen LogP contribution in [-0.2, 0) is 9.84 Å². The van der Waals surface area contributed by atoms with Gasteiger partial charge in [-0.05, 0) is 30.5 Å². The molecule has 0 radical (unpaired) electrons. The molecule has 1 aromatic rings. The molecule has 0 aliphatic heterocycles. The molecule has 0 saturated heterocycles. The number of nitrogen functional groups attached to an aromatic ring is 1. The Balaban J connectivity index is 3.02. The van der Waals surface area contributed by atoms with E-state index in [1.807, 2.05) is 13.8 Å². The topological polar surface area (TPSA) is 60.2 Å². The van der Waals surface area contributed by atoms with Crippen molar-refractivity contribution in [3.8, 4) is 0 Å². The zero-order valence-corrected chi connectivity index (χ0v) is 11.8. The molecule has 0 unspecified atom stereocenters. The second-order valence-electron chi connectivity index (χ2n) is 4.18. The Hall–Kier alpha value is -0.550. The monoisotopic (exact) mass is 305 g/mol. The molecule has 0 aromatic heterocycles. The zero-order valence-electron chi connectivity index (χ0n) is 9.40. The first-order chi connectivity index (χ1) is 7.33. The van der Waals surface area contributed by atoms with Gasteiger partial charge in [0.25, 0.3) is 0 Å². The number of hydrogen-bond acceptors (Lipinski definition) is 3. The Kier molecular flexibility index (Phi) is 4.38. The molecule has 0 bridgehead atoms. The Morgan fingerprint density at radius 3 is 2.56 bits per heavy atom. The summed E-state index contributed by atoms with van der Waals surface area (Å²) in [6, 6.07) is 4.90. The van der Waals surface area contributed by atoms with Crippen LogP contribution in [0, 0.1) is 5.92 Å². The van der Waals surface area contributed by atoms with E-state index in [1.54, 1.807) is 18.2 Å². The number of rotatable bonds is 4. The molecule has 0 amide bonds. The van der Waals surface area contributed by atoms with Crippen LogP contribution in [0.25, 0.3) is 0 Å². The highest BCUT2D eigenvalue weighted by molar-refractivity contribution is 9.10. The lowest BCUT2D eigenvalue weighted by molar-refractivity contribution is 0.574. The van der Waals surface area contributed by atoms with Crippen LogP contribution >= 0.6 is 15.9 Å². The van der Waals surface area contributed by atoms with E-state index in [0.29, 0.717) is 18.0 Å². The molecule has 90 valence electrons. The number of anilines is 1. The van der Waals surface area contributed by atoms with Gasteiger partial charge in [0.15, 0.2) is 9.84 Å². The Bertz CT molecular complexity index is 469. The first kappa shape index (κ1) is 13.5. The quantitative estimate of drug-likeness (QED) is 0.870.